The van der Waals surface area contributed by atoms with Crippen molar-refractivity contribution in [3.63, 3.8) is 0 Å². The zero-order valence-electron chi connectivity index (χ0n) is 18.6. The zero-order valence-corrected chi connectivity index (χ0v) is 18.6. The highest BCUT2D eigenvalue weighted by Crippen LogP contribution is 2.30. The number of nitrogens with zero attached hydrogens (tertiary/aromatic N) is 4. The molecule has 0 bridgehead atoms. The number of aryl methyl sites for hydroxylation is 1. The van der Waals surface area contributed by atoms with Gasteiger partial charge in [-0.15, -0.1) is 0 Å². The van der Waals surface area contributed by atoms with Crippen LogP contribution in [0.15, 0.2) is 36.7 Å². The zero-order chi connectivity index (χ0) is 21.2. The Morgan fingerprint density at radius 1 is 1.07 bits per heavy atom. The van der Waals surface area contributed by atoms with Crippen molar-refractivity contribution < 1.29 is 5.11 Å². The van der Waals surface area contributed by atoms with E-state index in [1.54, 1.807) is 12.4 Å². The summed E-state index contributed by atoms with van der Waals surface area (Å²) in [6, 6.07) is 8.40. The molecule has 1 aromatic heterocycles. The van der Waals surface area contributed by atoms with Crippen molar-refractivity contribution in [1.82, 2.24) is 20.2 Å². The highest BCUT2D eigenvalue weighted by atomic mass is 16.3. The number of phenolic OH excluding ortho intramolecular Hbond substituents is 1. The first-order valence-electron chi connectivity index (χ1n) is 11.5. The van der Waals surface area contributed by atoms with Gasteiger partial charge in [0.1, 0.15) is 5.75 Å². The van der Waals surface area contributed by atoms with Crippen LogP contribution in [0.2, 0.25) is 0 Å². The fourth-order valence-electron chi connectivity index (χ4n) is 4.43. The van der Waals surface area contributed by atoms with Gasteiger partial charge in [0.25, 0.3) is 0 Å². The number of nitrogens with one attached hydrogen (secondary N) is 1. The van der Waals surface area contributed by atoms with Crippen LogP contribution in [0.25, 0.3) is 0 Å². The van der Waals surface area contributed by atoms with Gasteiger partial charge in [0.2, 0.25) is 5.95 Å². The standard InChI is InChI=1S/C16H25NO.C8H12N4/c1-3-10-17(11-4-2)14-9-8-13-6-5-7-16(18)15(13)12-14;1-2-10-8(11-3-1)12-6-4-9-5-7-12/h5-7,14,18H,3-4,8-12H2,1-2H3;1-3,9H,4-7H2. The third kappa shape index (κ3) is 6.16. The summed E-state index contributed by atoms with van der Waals surface area (Å²) in [5.41, 5.74) is 2.53. The minimum Gasteiger partial charge on any atom is -0.508 e. The normalized spacial score (nSPS) is 18.5. The van der Waals surface area contributed by atoms with Gasteiger partial charge in [-0.25, -0.2) is 9.97 Å². The van der Waals surface area contributed by atoms with Crippen LogP contribution in [0.3, 0.4) is 0 Å². The summed E-state index contributed by atoms with van der Waals surface area (Å²) in [5.74, 6) is 1.34. The van der Waals surface area contributed by atoms with Crippen molar-refractivity contribution in [2.24, 2.45) is 0 Å². The Morgan fingerprint density at radius 3 is 2.43 bits per heavy atom. The van der Waals surface area contributed by atoms with Crippen molar-refractivity contribution in [2.75, 3.05) is 44.2 Å². The van der Waals surface area contributed by atoms with Gasteiger partial charge in [0, 0.05) is 44.6 Å². The summed E-state index contributed by atoms with van der Waals surface area (Å²) in [6.07, 6.45) is 9.35. The smallest absolute Gasteiger partial charge is 0.225 e. The minimum absolute atomic E-state index is 0.491. The van der Waals surface area contributed by atoms with Gasteiger partial charge in [-0.1, -0.05) is 26.0 Å². The lowest BCUT2D eigenvalue weighted by molar-refractivity contribution is 0.179. The number of phenols is 1. The van der Waals surface area contributed by atoms with Gasteiger partial charge in [0.15, 0.2) is 0 Å². The molecule has 1 fully saturated rings. The number of hydrogen-bond acceptors (Lipinski definition) is 6. The average molecular weight is 412 g/mol. The van der Waals surface area contributed by atoms with E-state index in [1.165, 1.54) is 43.5 Å². The summed E-state index contributed by atoms with van der Waals surface area (Å²) < 4.78 is 0. The molecule has 1 unspecified atom stereocenters. The predicted octanol–water partition coefficient (Wildman–Crippen LogP) is 3.26. The van der Waals surface area contributed by atoms with Gasteiger partial charge in [-0.3, -0.25) is 0 Å². The second kappa shape index (κ2) is 11.9. The number of aromatic nitrogens is 2. The summed E-state index contributed by atoms with van der Waals surface area (Å²) in [5, 5.41) is 13.3. The number of aromatic hydroxyl groups is 1. The molecule has 2 aliphatic rings. The van der Waals surface area contributed by atoms with Crippen molar-refractivity contribution in [3.8, 4) is 5.75 Å². The molecule has 30 heavy (non-hydrogen) atoms. The van der Waals surface area contributed by atoms with Crippen molar-refractivity contribution >= 4 is 5.95 Å². The Hall–Kier alpha value is -2.18. The first-order chi connectivity index (χ1) is 14.7. The van der Waals surface area contributed by atoms with Gasteiger partial charge < -0.3 is 20.2 Å². The monoisotopic (exact) mass is 411 g/mol. The Kier molecular flexibility index (Phi) is 8.90. The molecule has 4 rings (SSSR count). The lowest BCUT2D eigenvalue weighted by Crippen LogP contribution is -2.44. The second-order valence-corrected chi connectivity index (χ2v) is 8.13. The molecule has 0 saturated carbocycles. The largest absolute Gasteiger partial charge is 0.508 e. The molecule has 1 aromatic carbocycles. The van der Waals surface area contributed by atoms with Crippen LogP contribution >= 0.6 is 0 Å². The lowest BCUT2D eigenvalue weighted by Gasteiger charge is -2.35. The van der Waals surface area contributed by atoms with E-state index in [-0.39, 0.29) is 0 Å². The summed E-state index contributed by atoms with van der Waals surface area (Å²) in [6.45, 7) is 10.9. The topological polar surface area (TPSA) is 64.5 Å². The molecule has 2 aromatic rings. The maximum Gasteiger partial charge on any atom is 0.225 e. The van der Waals surface area contributed by atoms with Crippen LogP contribution < -0.4 is 10.2 Å². The number of piperazine rings is 1. The number of benzene rings is 1. The van der Waals surface area contributed by atoms with E-state index in [9.17, 15) is 5.11 Å². The molecular formula is C24H37N5O. The Balaban J connectivity index is 0.000000184. The minimum atomic E-state index is 0.491. The molecule has 1 aliphatic heterocycles. The summed E-state index contributed by atoms with van der Waals surface area (Å²) in [4.78, 5) is 13.2. The summed E-state index contributed by atoms with van der Waals surface area (Å²) in [7, 11) is 0. The number of rotatable bonds is 6. The van der Waals surface area contributed by atoms with Crippen LogP contribution in [-0.2, 0) is 12.8 Å². The molecule has 0 radical (unpaired) electrons. The predicted molar refractivity (Wildman–Crippen MR) is 123 cm³/mol. The van der Waals surface area contributed by atoms with Gasteiger partial charge in [-0.2, -0.15) is 0 Å². The van der Waals surface area contributed by atoms with E-state index >= 15 is 0 Å². The molecule has 1 aliphatic carbocycles. The molecule has 2 heterocycles. The molecule has 1 saturated heterocycles. The lowest BCUT2D eigenvalue weighted by atomic mass is 9.86. The molecule has 0 amide bonds. The quantitative estimate of drug-likeness (QED) is 0.761. The maximum absolute atomic E-state index is 10.00. The van der Waals surface area contributed by atoms with E-state index in [1.807, 2.05) is 18.2 Å². The number of hydrogen-bond donors (Lipinski definition) is 2. The molecule has 0 spiro atoms. The first kappa shape index (κ1) is 22.5. The van der Waals surface area contributed by atoms with E-state index in [0.29, 0.717) is 11.8 Å². The third-order valence-corrected chi connectivity index (χ3v) is 5.92. The molecule has 1 atom stereocenters. The highest BCUT2D eigenvalue weighted by Gasteiger charge is 2.24. The molecule has 6 nitrogen and oxygen atoms in total. The second-order valence-electron chi connectivity index (χ2n) is 8.13. The van der Waals surface area contributed by atoms with E-state index in [2.05, 4.69) is 45.0 Å². The van der Waals surface area contributed by atoms with Crippen LogP contribution in [0, 0.1) is 0 Å². The van der Waals surface area contributed by atoms with Crippen LogP contribution in [0.4, 0.5) is 5.95 Å². The van der Waals surface area contributed by atoms with Crippen molar-refractivity contribution in [1.29, 1.82) is 0 Å². The van der Waals surface area contributed by atoms with E-state index in [4.69, 9.17) is 0 Å². The summed E-state index contributed by atoms with van der Waals surface area (Å²) >= 11 is 0. The molecule has 2 N–H and O–H groups in total. The fraction of sp³-hybridized carbons (Fsp3) is 0.583. The van der Waals surface area contributed by atoms with E-state index in [0.717, 1.165) is 45.0 Å². The van der Waals surface area contributed by atoms with E-state index < -0.39 is 0 Å². The van der Waals surface area contributed by atoms with Crippen LogP contribution in [0.5, 0.6) is 5.75 Å². The third-order valence-electron chi connectivity index (χ3n) is 5.92. The average Bonchev–Trinajstić information content (AvgIpc) is 2.81. The van der Waals surface area contributed by atoms with Crippen molar-refractivity contribution in [3.05, 3.63) is 47.8 Å². The highest BCUT2D eigenvalue weighted by molar-refractivity contribution is 5.41. The Morgan fingerprint density at radius 2 is 1.77 bits per heavy atom. The molecular weight excluding hydrogens is 374 g/mol. The van der Waals surface area contributed by atoms with Crippen LogP contribution in [-0.4, -0.2) is 65.3 Å². The fourth-order valence-corrected chi connectivity index (χ4v) is 4.43. The number of anilines is 1. The van der Waals surface area contributed by atoms with Gasteiger partial charge in [-0.05, 0) is 68.5 Å². The number of fused-ring (bicyclic) bond motifs is 1. The van der Waals surface area contributed by atoms with Gasteiger partial charge in [0.05, 0.1) is 0 Å². The van der Waals surface area contributed by atoms with Gasteiger partial charge >= 0.3 is 0 Å². The molecule has 164 valence electrons. The maximum atomic E-state index is 10.00. The first-order valence-corrected chi connectivity index (χ1v) is 11.5. The Labute approximate surface area is 181 Å². The SMILES string of the molecule is CCCN(CCC)C1CCc2cccc(O)c2C1.c1cnc(N2CCNCC2)nc1. The van der Waals surface area contributed by atoms with Crippen LogP contribution in [0.1, 0.15) is 44.2 Å². The van der Waals surface area contributed by atoms with Crippen molar-refractivity contribution in [2.45, 2.75) is 52.0 Å². The Bertz CT molecular complexity index is 743. The molecule has 6 heteroatoms.